The van der Waals surface area contributed by atoms with E-state index in [4.69, 9.17) is 9.72 Å². The second kappa shape index (κ2) is 13.9. The number of carbonyl (C=O) groups excluding carboxylic acids is 2. The number of benzene rings is 3. The monoisotopic (exact) mass is 606 g/mol. The lowest BCUT2D eigenvalue weighted by atomic mass is 10.1. The number of methoxy groups -OCH3 is 1. The van der Waals surface area contributed by atoms with Gasteiger partial charge in [0.1, 0.15) is 5.75 Å². The average Bonchev–Trinajstić information content (AvgIpc) is 3.39. The lowest BCUT2D eigenvalue weighted by Crippen LogP contribution is -2.29. The van der Waals surface area contributed by atoms with Gasteiger partial charge in [0, 0.05) is 68.7 Å². The predicted octanol–water partition coefficient (Wildman–Crippen LogP) is 4.88. The third-order valence-electron chi connectivity index (χ3n) is 7.55. The zero-order valence-electron chi connectivity index (χ0n) is 26.2. The number of ether oxygens (including phenoxy) is 1. The Labute approximate surface area is 262 Å². The van der Waals surface area contributed by atoms with Crippen LogP contribution in [0.3, 0.4) is 0 Å². The summed E-state index contributed by atoms with van der Waals surface area (Å²) in [5.41, 5.74) is 5.58. The van der Waals surface area contributed by atoms with E-state index < -0.39 is 0 Å². The van der Waals surface area contributed by atoms with E-state index in [0.717, 1.165) is 40.8 Å². The van der Waals surface area contributed by atoms with Crippen molar-refractivity contribution in [2.24, 2.45) is 7.05 Å². The Kier molecular flexibility index (Phi) is 9.59. The second-order valence-electron chi connectivity index (χ2n) is 11.0. The Morgan fingerprint density at radius 3 is 2.49 bits per heavy atom. The van der Waals surface area contributed by atoms with Crippen molar-refractivity contribution in [2.75, 3.05) is 56.9 Å². The van der Waals surface area contributed by atoms with Crippen molar-refractivity contribution in [2.45, 2.75) is 6.54 Å². The maximum atomic E-state index is 13.6. The molecule has 0 bridgehead atoms. The number of hydrogen-bond donors (Lipinski definition) is 3. The first-order valence-electron chi connectivity index (χ1n) is 14.6. The molecule has 5 aromatic rings. The molecule has 2 amide bonds. The van der Waals surface area contributed by atoms with Crippen LogP contribution in [0.1, 0.15) is 15.9 Å². The number of fused-ring (bicyclic) bond motifs is 1. The van der Waals surface area contributed by atoms with Crippen LogP contribution >= 0.6 is 0 Å². The lowest BCUT2D eigenvalue weighted by molar-refractivity contribution is -0.105. The average molecular weight is 607 g/mol. The molecule has 0 fully saturated rings. The van der Waals surface area contributed by atoms with Crippen molar-refractivity contribution in [3.63, 3.8) is 0 Å². The van der Waals surface area contributed by atoms with Crippen LogP contribution in [0.4, 0.5) is 23.0 Å². The molecule has 0 spiro atoms. The minimum atomic E-state index is -0.284. The Morgan fingerprint density at radius 2 is 1.76 bits per heavy atom. The molecule has 3 aromatic carbocycles. The summed E-state index contributed by atoms with van der Waals surface area (Å²) in [7, 11) is 9.53. The number of para-hydroxylation sites is 1. The normalized spacial score (nSPS) is 11.0. The number of aryl methyl sites for hydroxylation is 1. The van der Waals surface area contributed by atoms with Gasteiger partial charge in [-0.3, -0.25) is 9.59 Å². The Hall–Kier alpha value is -5.42. The molecule has 0 saturated carbocycles. The molecule has 0 aliphatic heterocycles. The molecule has 11 nitrogen and oxygen atoms in total. The van der Waals surface area contributed by atoms with Gasteiger partial charge in [-0.05, 0) is 31.8 Å². The number of amides is 2. The Morgan fingerprint density at radius 1 is 1.00 bits per heavy atom. The van der Waals surface area contributed by atoms with E-state index in [1.165, 1.54) is 6.20 Å². The molecule has 11 heteroatoms. The zero-order chi connectivity index (χ0) is 31.9. The van der Waals surface area contributed by atoms with Crippen LogP contribution in [0.2, 0.25) is 0 Å². The summed E-state index contributed by atoms with van der Waals surface area (Å²) in [5, 5.41) is 10.0. The molecule has 5 rings (SSSR count). The number of anilines is 4. The third kappa shape index (κ3) is 7.05. The number of rotatable bonds is 13. The summed E-state index contributed by atoms with van der Waals surface area (Å²) in [4.78, 5) is 38.6. The lowest BCUT2D eigenvalue weighted by Gasteiger charge is -2.25. The van der Waals surface area contributed by atoms with E-state index in [9.17, 15) is 9.59 Å². The molecule has 2 aromatic heterocycles. The summed E-state index contributed by atoms with van der Waals surface area (Å²) in [5.74, 6) is 0.522. The van der Waals surface area contributed by atoms with E-state index in [-0.39, 0.29) is 11.9 Å². The standard InChI is InChI=1S/C34H38N8O3/c1-40(2)15-16-41(3)30-18-31(45-5)28(17-27(30)37-22-43)38-34-36-20-25(33(44)35-19-23-11-7-6-8-12-23)32(39-34)26-21-42(4)29-14-10-9-13-24(26)29/h6-14,17-18,20-22H,15-16,19H2,1-5H3,(H,35,44)(H,37,43)(H,36,38,39). The Bertz CT molecular complexity index is 1800. The molecule has 0 radical (unpaired) electrons. The van der Waals surface area contributed by atoms with Crippen LogP contribution in [0.15, 0.2) is 79.1 Å². The molecule has 0 aliphatic rings. The SMILES string of the molecule is COc1cc(N(C)CCN(C)C)c(NC=O)cc1Nc1ncc(C(=O)NCc2ccccc2)c(-c2cn(C)c3ccccc23)n1. The highest BCUT2D eigenvalue weighted by Crippen LogP contribution is 2.38. The van der Waals surface area contributed by atoms with Crippen LogP contribution in [0.5, 0.6) is 5.75 Å². The van der Waals surface area contributed by atoms with Gasteiger partial charge in [0.05, 0.1) is 35.4 Å². The smallest absolute Gasteiger partial charge is 0.255 e. The van der Waals surface area contributed by atoms with Crippen LogP contribution in [-0.2, 0) is 18.4 Å². The minimum absolute atomic E-state index is 0.265. The molecule has 0 unspecified atom stereocenters. The van der Waals surface area contributed by atoms with E-state index in [1.807, 2.05) is 99.6 Å². The molecule has 0 aliphatic carbocycles. The van der Waals surface area contributed by atoms with Gasteiger partial charge in [0.15, 0.2) is 0 Å². The second-order valence-corrected chi connectivity index (χ2v) is 11.0. The summed E-state index contributed by atoms with van der Waals surface area (Å²) in [6.45, 7) is 1.94. The molecular weight excluding hydrogens is 568 g/mol. The zero-order valence-corrected chi connectivity index (χ0v) is 26.2. The van der Waals surface area contributed by atoms with Gasteiger partial charge in [0.2, 0.25) is 12.4 Å². The highest BCUT2D eigenvalue weighted by Gasteiger charge is 2.21. The number of aromatic nitrogens is 3. The van der Waals surface area contributed by atoms with Crippen molar-refractivity contribution in [3.05, 3.63) is 90.3 Å². The number of nitrogens with one attached hydrogen (secondary N) is 3. The van der Waals surface area contributed by atoms with Crippen molar-refractivity contribution in [1.82, 2.24) is 24.8 Å². The highest BCUT2D eigenvalue weighted by atomic mass is 16.5. The quantitative estimate of drug-likeness (QED) is 0.162. The van der Waals surface area contributed by atoms with E-state index in [0.29, 0.717) is 41.3 Å². The Balaban J connectivity index is 1.54. The van der Waals surface area contributed by atoms with Gasteiger partial charge in [-0.2, -0.15) is 0 Å². The first-order valence-corrected chi connectivity index (χ1v) is 14.6. The van der Waals surface area contributed by atoms with Gasteiger partial charge in [0.25, 0.3) is 5.91 Å². The van der Waals surface area contributed by atoms with E-state index in [1.54, 1.807) is 13.2 Å². The number of likely N-dealkylation sites (N-methyl/N-ethyl adjacent to an activating group) is 2. The van der Waals surface area contributed by atoms with Crippen molar-refractivity contribution in [1.29, 1.82) is 0 Å². The highest BCUT2D eigenvalue weighted by molar-refractivity contribution is 6.05. The molecule has 232 valence electrons. The number of carbonyl (C=O) groups is 2. The summed E-state index contributed by atoms with van der Waals surface area (Å²) < 4.78 is 7.75. The molecule has 2 heterocycles. The van der Waals surface area contributed by atoms with Crippen molar-refractivity contribution in [3.8, 4) is 17.0 Å². The largest absolute Gasteiger partial charge is 0.494 e. The van der Waals surface area contributed by atoms with Crippen molar-refractivity contribution < 1.29 is 14.3 Å². The topological polar surface area (TPSA) is 117 Å². The molecule has 0 saturated heterocycles. The fourth-order valence-electron chi connectivity index (χ4n) is 5.14. The minimum Gasteiger partial charge on any atom is -0.494 e. The number of hydrogen-bond acceptors (Lipinski definition) is 8. The fourth-order valence-corrected chi connectivity index (χ4v) is 5.14. The summed E-state index contributed by atoms with van der Waals surface area (Å²) >= 11 is 0. The summed E-state index contributed by atoms with van der Waals surface area (Å²) in [6.07, 6.45) is 4.15. The van der Waals surface area contributed by atoms with Gasteiger partial charge in [-0.25, -0.2) is 9.97 Å². The first-order chi connectivity index (χ1) is 21.8. The van der Waals surface area contributed by atoms with Gasteiger partial charge in [-0.1, -0.05) is 48.5 Å². The molecule has 0 atom stereocenters. The van der Waals surface area contributed by atoms with Crippen molar-refractivity contribution >= 4 is 46.2 Å². The predicted molar refractivity (Wildman–Crippen MR) is 179 cm³/mol. The van der Waals surface area contributed by atoms with Crippen LogP contribution in [0, 0.1) is 0 Å². The van der Waals surface area contributed by atoms with Crippen LogP contribution < -0.4 is 25.6 Å². The van der Waals surface area contributed by atoms with Crippen LogP contribution in [-0.4, -0.2) is 73.1 Å². The molecular formula is C34H38N8O3. The van der Waals surface area contributed by atoms with Crippen LogP contribution in [0.25, 0.3) is 22.2 Å². The van der Waals surface area contributed by atoms with Gasteiger partial charge in [-0.15, -0.1) is 0 Å². The summed E-state index contributed by atoms with van der Waals surface area (Å²) in [6, 6.07) is 21.4. The fraction of sp³-hybridized carbons (Fsp3) is 0.235. The molecule has 3 N–H and O–H groups in total. The van der Waals surface area contributed by atoms with E-state index >= 15 is 0 Å². The van der Waals surface area contributed by atoms with Gasteiger partial charge >= 0.3 is 0 Å². The first kappa shape index (κ1) is 31.0. The maximum Gasteiger partial charge on any atom is 0.255 e. The third-order valence-corrected chi connectivity index (χ3v) is 7.55. The molecule has 45 heavy (non-hydrogen) atoms. The van der Waals surface area contributed by atoms with Gasteiger partial charge < -0.3 is 35.1 Å². The van der Waals surface area contributed by atoms with E-state index in [2.05, 4.69) is 30.7 Å². The maximum absolute atomic E-state index is 13.6. The number of nitrogens with zero attached hydrogens (tertiary/aromatic N) is 5.